The summed E-state index contributed by atoms with van der Waals surface area (Å²) in [7, 11) is -4.15. The van der Waals surface area contributed by atoms with E-state index in [-0.39, 0.29) is 36.8 Å². The Kier molecular flexibility index (Phi) is 16.3. The summed E-state index contributed by atoms with van der Waals surface area (Å²) in [5.74, 6) is -2.34. The van der Waals surface area contributed by atoms with Crippen LogP contribution in [0.2, 0.25) is 0 Å². The van der Waals surface area contributed by atoms with Crippen LogP contribution in [-0.4, -0.2) is 83.3 Å². The monoisotopic (exact) mass is 855 g/mol. The third-order valence-corrected chi connectivity index (χ3v) is 13.9. The number of fused-ring (bicyclic) bond motifs is 1. The van der Waals surface area contributed by atoms with E-state index in [4.69, 9.17) is 23.6 Å². The Morgan fingerprint density at radius 1 is 0.793 bits per heavy atom. The second-order valence-electron chi connectivity index (χ2n) is 14.7. The van der Waals surface area contributed by atoms with Gasteiger partial charge in [0.05, 0.1) is 0 Å². The molecule has 13 nitrogen and oxygen atoms in total. The van der Waals surface area contributed by atoms with Gasteiger partial charge in [0.25, 0.3) is 5.91 Å². The number of rotatable bonds is 20. The minimum atomic E-state index is -4.15. The molecule has 1 aliphatic carbocycles. The number of hydrogen-bond donors (Lipinski definition) is 3. The molecule has 3 aromatic carbocycles. The summed E-state index contributed by atoms with van der Waals surface area (Å²) in [6.45, 7) is 4.73. The minimum absolute atomic E-state index is 0.0941. The fraction of sp³-hybridized carbons (Fsp3) is 0.476. The van der Waals surface area contributed by atoms with Crippen LogP contribution in [0, 0.1) is 11.8 Å². The van der Waals surface area contributed by atoms with E-state index in [9.17, 15) is 19.2 Å². The van der Waals surface area contributed by atoms with E-state index in [0.717, 1.165) is 35.5 Å². The number of nitrogens with zero attached hydrogens (tertiary/aromatic N) is 1. The van der Waals surface area contributed by atoms with Crippen molar-refractivity contribution in [1.29, 1.82) is 0 Å². The highest BCUT2D eigenvalue weighted by Crippen LogP contribution is 2.54. The van der Waals surface area contributed by atoms with Gasteiger partial charge in [-0.25, -0.2) is 9.36 Å². The lowest BCUT2D eigenvalue weighted by Crippen LogP contribution is -2.58. The molecule has 1 aliphatic heterocycles. The van der Waals surface area contributed by atoms with Gasteiger partial charge in [0.2, 0.25) is 11.8 Å². The van der Waals surface area contributed by atoms with Crippen molar-refractivity contribution in [3.63, 3.8) is 0 Å². The third kappa shape index (κ3) is 11.9. The van der Waals surface area contributed by atoms with Crippen LogP contribution in [0.1, 0.15) is 65.7 Å². The van der Waals surface area contributed by atoms with Gasteiger partial charge in [0.15, 0.2) is 19.0 Å². The molecule has 16 heteroatoms. The van der Waals surface area contributed by atoms with Crippen LogP contribution < -0.4 is 29.2 Å². The lowest BCUT2D eigenvalue weighted by molar-refractivity contribution is -0.145. The van der Waals surface area contributed by atoms with Crippen molar-refractivity contribution < 1.29 is 47.4 Å². The van der Waals surface area contributed by atoms with Crippen molar-refractivity contribution >= 4 is 54.8 Å². The SMILES string of the molecule is CCC[C@H](NC(=O)[C@@H]1C[C@@H]2CCCC[C@@H]2N1C(=O)[C@@H](NC(=O)COc1ccc(OCC(=O)O)cc1)C(C)C)P(=O)(Oc1ccc(SC)cc1)Oc1ccc(SC)cc1. The van der Waals surface area contributed by atoms with Gasteiger partial charge in [-0.1, -0.05) is 40.0 Å². The molecule has 1 saturated carbocycles. The molecule has 5 rings (SSSR count). The summed E-state index contributed by atoms with van der Waals surface area (Å²) in [6.07, 6.45) is 8.70. The Hall–Kier alpha value is -4.33. The van der Waals surface area contributed by atoms with Crippen LogP contribution in [0.15, 0.2) is 82.6 Å². The Morgan fingerprint density at radius 3 is 1.81 bits per heavy atom. The van der Waals surface area contributed by atoms with Crippen LogP contribution in [0.5, 0.6) is 23.0 Å². The van der Waals surface area contributed by atoms with Crippen molar-refractivity contribution in [2.45, 2.75) is 99.4 Å². The normalized spacial score (nSPS) is 18.7. The molecule has 0 spiro atoms. The highest BCUT2D eigenvalue weighted by atomic mass is 32.2. The number of carbonyl (C=O) groups excluding carboxylic acids is 3. The number of carbonyl (C=O) groups is 4. The van der Waals surface area contributed by atoms with Crippen LogP contribution in [0.4, 0.5) is 0 Å². The molecule has 0 unspecified atom stereocenters. The average molecular weight is 856 g/mol. The van der Waals surface area contributed by atoms with Gasteiger partial charge in [-0.05, 0) is 123 Å². The lowest BCUT2D eigenvalue weighted by Gasteiger charge is -2.37. The van der Waals surface area contributed by atoms with Crippen LogP contribution in [-0.2, 0) is 23.7 Å². The summed E-state index contributed by atoms with van der Waals surface area (Å²) in [6, 6.07) is 18.5. The maximum atomic E-state index is 15.1. The molecule has 1 heterocycles. The first-order valence-corrected chi connectivity index (χ1v) is 23.7. The first kappa shape index (κ1) is 44.8. The summed E-state index contributed by atoms with van der Waals surface area (Å²) in [5.41, 5.74) is 0. The molecule has 5 atom stereocenters. The predicted octanol–water partition coefficient (Wildman–Crippen LogP) is 7.87. The Bertz CT molecular complexity index is 1840. The van der Waals surface area contributed by atoms with Gasteiger partial charge in [0, 0.05) is 15.8 Å². The van der Waals surface area contributed by atoms with Gasteiger partial charge in [-0.3, -0.25) is 14.4 Å². The van der Waals surface area contributed by atoms with E-state index in [1.807, 2.05) is 57.5 Å². The lowest BCUT2D eigenvalue weighted by atomic mass is 9.84. The largest absolute Gasteiger partial charge is 0.484 e. The zero-order chi connectivity index (χ0) is 41.8. The van der Waals surface area contributed by atoms with E-state index < -0.39 is 49.9 Å². The maximum absolute atomic E-state index is 15.1. The number of carboxylic acid groups (broad SMARTS) is 1. The Balaban J connectivity index is 1.35. The zero-order valence-corrected chi connectivity index (χ0v) is 36.1. The van der Waals surface area contributed by atoms with Crippen molar-refractivity contribution in [1.82, 2.24) is 15.5 Å². The number of nitrogens with one attached hydrogen (secondary N) is 2. The second kappa shape index (κ2) is 21.1. The summed E-state index contributed by atoms with van der Waals surface area (Å²) < 4.78 is 38.4. The van der Waals surface area contributed by atoms with Crippen LogP contribution in [0.25, 0.3) is 0 Å². The van der Waals surface area contributed by atoms with Gasteiger partial charge >= 0.3 is 13.6 Å². The summed E-state index contributed by atoms with van der Waals surface area (Å²) in [4.78, 5) is 56.9. The van der Waals surface area contributed by atoms with Gasteiger partial charge in [-0.15, -0.1) is 23.5 Å². The summed E-state index contributed by atoms with van der Waals surface area (Å²) in [5, 5.41) is 14.7. The first-order chi connectivity index (χ1) is 27.8. The van der Waals surface area contributed by atoms with E-state index in [1.54, 1.807) is 64.8 Å². The standard InChI is InChI=1S/C42H54N3O10PS2/c1-6-9-38(56(51,54-31-16-20-33(57-4)21-17-31)55-32-18-22-34(58-5)23-19-32)44-41(49)36-24-28-10-7-8-11-35(28)45(36)42(50)40(27(2)3)43-37(46)25-52-29-12-14-30(15-13-29)53-26-39(47)48/h12-23,27-28,35-36,38,40H,6-11,24-26H2,1-5H3,(H,43,46)(H,44,49)(H,47,48)/t28-,35-,36-,38+,40-/m0/s1. The maximum Gasteiger partial charge on any atom is 0.452 e. The number of aliphatic carboxylic acids is 1. The number of benzene rings is 3. The number of amides is 3. The quantitative estimate of drug-likeness (QED) is 0.0744. The molecular weight excluding hydrogens is 802 g/mol. The minimum Gasteiger partial charge on any atom is -0.484 e. The molecular formula is C42H54N3O10PS2. The molecule has 2 aliphatic rings. The molecule has 2 fully saturated rings. The Labute approximate surface area is 349 Å². The molecule has 3 amide bonds. The number of likely N-dealkylation sites (tertiary alicyclic amines) is 1. The molecule has 0 bridgehead atoms. The van der Waals surface area contributed by atoms with Gasteiger partial charge < -0.3 is 39.2 Å². The molecule has 3 N–H and O–H groups in total. The van der Waals surface area contributed by atoms with Crippen LogP contribution >= 0.6 is 31.1 Å². The van der Waals surface area contributed by atoms with E-state index in [1.165, 1.54) is 12.1 Å². The number of hydrogen-bond acceptors (Lipinski definition) is 11. The van der Waals surface area contributed by atoms with Crippen molar-refractivity contribution in [2.75, 3.05) is 25.7 Å². The van der Waals surface area contributed by atoms with Crippen molar-refractivity contribution in [3.05, 3.63) is 72.8 Å². The van der Waals surface area contributed by atoms with Gasteiger partial charge in [0.1, 0.15) is 35.1 Å². The van der Waals surface area contributed by atoms with Gasteiger partial charge in [-0.2, -0.15) is 0 Å². The summed E-state index contributed by atoms with van der Waals surface area (Å²) >= 11 is 3.13. The highest BCUT2D eigenvalue weighted by molar-refractivity contribution is 7.98. The topological polar surface area (TPSA) is 170 Å². The highest BCUT2D eigenvalue weighted by Gasteiger charge is 2.51. The number of ether oxygens (including phenoxy) is 2. The van der Waals surface area contributed by atoms with Crippen molar-refractivity contribution in [3.8, 4) is 23.0 Å². The number of carboxylic acids is 1. The van der Waals surface area contributed by atoms with E-state index in [0.29, 0.717) is 35.8 Å². The predicted molar refractivity (Wildman–Crippen MR) is 225 cm³/mol. The molecule has 3 aromatic rings. The molecule has 0 radical (unpaired) electrons. The molecule has 1 saturated heterocycles. The first-order valence-electron chi connectivity index (χ1n) is 19.6. The van der Waals surface area contributed by atoms with Crippen LogP contribution in [0.3, 0.4) is 0 Å². The number of thioether (sulfide) groups is 2. The van der Waals surface area contributed by atoms with Crippen molar-refractivity contribution in [2.24, 2.45) is 11.8 Å². The molecule has 58 heavy (non-hydrogen) atoms. The fourth-order valence-corrected chi connectivity index (χ4v) is 10.2. The van der Waals surface area contributed by atoms with E-state index in [2.05, 4.69) is 10.6 Å². The average Bonchev–Trinajstić information content (AvgIpc) is 3.61. The smallest absolute Gasteiger partial charge is 0.452 e. The second-order valence-corrected chi connectivity index (χ2v) is 18.6. The zero-order valence-electron chi connectivity index (χ0n) is 33.6. The molecule has 314 valence electrons. The fourth-order valence-electron chi connectivity index (χ4n) is 7.38. The molecule has 0 aromatic heterocycles. The Morgan fingerprint density at radius 2 is 1.31 bits per heavy atom. The van der Waals surface area contributed by atoms with E-state index >= 15 is 4.57 Å². The third-order valence-electron chi connectivity index (χ3n) is 10.3.